The zero-order valence-corrected chi connectivity index (χ0v) is 15.3. The summed E-state index contributed by atoms with van der Waals surface area (Å²) in [5.41, 5.74) is 3.76. The molecule has 2 atom stereocenters. The number of fused-ring (bicyclic) bond motifs is 2. The molecule has 0 saturated heterocycles. The van der Waals surface area contributed by atoms with Gasteiger partial charge in [-0.1, -0.05) is 12.1 Å². The van der Waals surface area contributed by atoms with Crippen molar-refractivity contribution in [1.29, 1.82) is 0 Å². The molecule has 0 saturated carbocycles. The molecule has 146 valence electrons. The van der Waals surface area contributed by atoms with Gasteiger partial charge >= 0.3 is 6.18 Å². The summed E-state index contributed by atoms with van der Waals surface area (Å²) in [4.78, 5) is 23.9. The van der Waals surface area contributed by atoms with Crippen LogP contribution in [0.15, 0.2) is 24.3 Å². The molecule has 28 heavy (non-hydrogen) atoms. The normalized spacial score (nSPS) is 17.5. The number of alkyl halides is 3. The largest absolute Gasteiger partial charge is 0.464 e. The molecule has 3 heterocycles. The number of benzene rings is 1. The molecule has 2 aromatic heterocycles. The lowest BCUT2D eigenvalue weighted by molar-refractivity contribution is -0.190. The molecule has 0 fully saturated rings. The van der Waals surface area contributed by atoms with Gasteiger partial charge in [0.1, 0.15) is 11.2 Å². The highest BCUT2D eigenvalue weighted by molar-refractivity contribution is 6.01. The summed E-state index contributed by atoms with van der Waals surface area (Å²) < 4.78 is 43.7. The first-order valence-corrected chi connectivity index (χ1v) is 8.70. The van der Waals surface area contributed by atoms with Crippen LogP contribution in [0.1, 0.15) is 41.6 Å². The molecule has 0 unspecified atom stereocenters. The molecule has 4 rings (SSSR count). The number of rotatable bonds is 3. The van der Waals surface area contributed by atoms with Crippen molar-refractivity contribution in [3.05, 3.63) is 41.2 Å². The number of halogens is 3. The number of amides is 1. The van der Waals surface area contributed by atoms with Crippen LogP contribution in [0.25, 0.3) is 22.3 Å². The van der Waals surface area contributed by atoms with E-state index in [2.05, 4.69) is 20.3 Å². The number of nitrogens with one attached hydrogen (secondary N) is 2. The number of hydrogen-bond acceptors (Lipinski definition) is 4. The Balaban J connectivity index is 1.82. The third kappa shape index (κ3) is 2.96. The number of aromatic amines is 1. The van der Waals surface area contributed by atoms with Crippen molar-refractivity contribution in [2.45, 2.75) is 39.1 Å². The number of nitrogens with zero attached hydrogens (tertiary/aromatic N) is 2. The van der Waals surface area contributed by atoms with Gasteiger partial charge in [0.15, 0.2) is 6.10 Å². The van der Waals surface area contributed by atoms with Gasteiger partial charge in [-0.3, -0.25) is 4.79 Å². The molecule has 1 aliphatic rings. The van der Waals surface area contributed by atoms with Gasteiger partial charge in [0.2, 0.25) is 5.88 Å². The van der Waals surface area contributed by atoms with Crippen molar-refractivity contribution in [3.8, 4) is 17.1 Å². The van der Waals surface area contributed by atoms with Gasteiger partial charge in [0, 0.05) is 11.3 Å². The van der Waals surface area contributed by atoms with Crippen molar-refractivity contribution >= 4 is 16.9 Å². The zero-order chi connectivity index (χ0) is 20.2. The highest BCUT2D eigenvalue weighted by atomic mass is 19.4. The van der Waals surface area contributed by atoms with Crippen LogP contribution in [-0.4, -0.2) is 33.1 Å². The first-order chi connectivity index (χ1) is 13.1. The second-order valence-corrected chi connectivity index (χ2v) is 6.79. The fraction of sp³-hybridized carbons (Fsp3) is 0.316. The third-order valence-electron chi connectivity index (χ3n) is 4.74. The smallest absolute Gasteiger partial charge is 0.425 e. The second-order valence-electron chi connectivity index (χ2n) is 6.79. The van der Waals surface area contributed by atoms with Crippen LogP contribution >= 0.6 is 0 Å². The number of para-hydroxylation sites is 1. The van der Waals surface area contributed by atoms with Crippen LogP contribution in [-0.2, 0) is 0 Å². The first-order valence-electron chi connectivity index (χ1n) is 8.70. The SMILES string of the molecule is Cc1nc2cccc(-c3cc4c([nH]3)[C@@H](C)NC4=O)c2nc1O[C@H](C)C(F)(F)F. The van der Waals surface area contributed by atoms with Crippen LogP contribution in [0, 0.1) is 6.92 Å². The number of aromatic nitrogens is 3. The molecule has 0 radical (unpaired) electrons. The van der Waals surface area contributed by atoms with Crippen LogP contribution in [0.4, 0.5) is 13.2 Å². The summed E-state index contributed by atoms with van der Waals surface area (Å²) in [6, 6.07) is 6.84. The van der Waals surface area contributed by atoms with Crippen LogP contribution in [0.3, 0.4) is 0 Å². The molecule has 0 bridgehead atoms. The Morgan fingerprint density at radius 2 is 1.96 bits per heavy atom. The number of H-pyrrole nitrogens is 1. The molecule has 3 aromatic rings. The molecule has 1 amide bonds. The van der Waals surface area contributed by atoms with E-state index in [0.717, 1.165) is 12.6 Å². The highest BCUT2D eigenvalue weighted by Gasteiger charge is 2.38. The molecule has 0 aliphatic carbocycles. The minimum Gasteiger partial charge on any atom is -0.464 e. The molecule has 6 nitrogen and oxygen atoms in total. The maximum Gasteiger partial charge on any atom is 0.425 e. The maximum atomic E-state index is 12.9. The monoisotopic (exact) mass is 390 g/mol. The van der Waals surface area contributed by atoms with Gasteiger partial charge in [0.25, 0.3) is 5.91 Å². The lowest BCUT2D eigenvalue weighted by Crippen LogP contribution is -2.31. The average Bonchev–Trinajstić information content (AvgIpc) is 3.16. The maximum absolute atomic E-state index is 12.9. The summed E-state index contributed by atoms with van der Waals surface area (Å²) in [5, 5.41) is 2.81. The predicted molar refractivity (Wildman–Crippen MR) is 96.1 cm³/mol. The van der Waals surface area contributed by atoms with Gasteiger partial charge < -0.3 is 15.0 Å². The van der Waals surface area contributed by atoms with Gasteiger partial charge in [-0.25, -0.2) is 9.97 Å². The summed E-state index contributed by atoms with van der Waals surface area (Å²) in [6.45, 7) is 4.33. The van der Waals surface area contributed by atoms with E-state index in [9.17, 15) is 18.0 Å². The van der Waals surface area contributed by atoms with Crippen LogP contribution in [0.5, 0.6) is 5.88 Å². The Kier molecular flexibility index (Phi) is 4.06. The highest BCUT2D eigenvalue weighted by Crippen LogP contribution is 2.34. The van der Waals surface area contributed by atoms with Crippen molar-refractivity contribution in [1.82, 2.24) is 20.3 Å². The van der Waals surface area contributed by atoms with Crippen LogP contribution in [0.2, 0.25) is 0 Å². The standard InChI is InChI=1S/C19H17F3N4O2/c1-8-15-12(17(27)24-8)7-14(25-15)11-5-4-6-13-16(11)26-18(9(2)23-13)28-10(3)19(20,21)22/h4-8,10,25H,1-3H3,(H,24,27)/t8-,10-/m1/s1. The zero-order valence-electron chi connectivity index (χ0n) is 15.3. The topological polar surface area (TPSA) is 79.9 Å². The Labute approximate surface area is 158 Å². The van der Waals surface area contributed by atoms with Gasteiger partial charge in [0.05, 0.1) is 22.8 Å². The van der Waals surface area contributed by atoms with Gasteiger partial charge in [-0.05, 0) is 32.9 Å². The van der Waals surface area contributed by atoms with Crippen molar-refractivity contribution in [3.63, 3.8) is 0 Å². The van der Waals surface area contributed by atoms with E-state index in [4.69, 9.17) is 4.74 Å². The third-order valence-corrected chi connectivity index (χ3v) is 4.74. The Bertz CT molecular complexity index is 1090. The lowest BCUT2D eigenvalue weighted by Gasteiger charge is -2.18. The van der Waals surface area contributed by atoms with Gasteiger partial charge in [-0.15, -0.1) is 0 Å². The van der Waals surface area contributed by atoms with E-state index in [1.165, 1.54) is 0 Å². The molecule has 9 heteroatoms. The summed E-state index contributed by atoms with van der Waals surface area (Å²) >= 11 is 0. The Morgan fingerprint density at radius 1 is 1.21 bits per heavy atom. The number of carbonyl (C=O) groups is 1. The molecular formula is C19H17F3N4O2. The van der Waals surface area contributed by atoms with Crippen molar-refractivity contribution in [2.75, 3.05) is 0 Å². The lowest BCUT2D eigenvalue weighted by atomic mass is 10.1. The van der Waals surface area contributed by atoms with E-state index in [1.807, 2.05) is 6.92 Å². The molecular weight excluding hydrogens is 373 g/mol. The van der Waals surface area contributed by atoms with Crippen molar-refractivity contribution in [2.24, 2.45) is 0 Å². The molecule has 1 aliphatic heterocycles. The molecule has 1 aromatic carbocycles. The minimum atomic E-state index is -4.51. The van der Waals surface area contributed by atoms with Crippen LogP contribution < -0.4 is 10.1 Å². The van der Waals surface area contributed by atoms with E-state index in [1.54, 1.807) is 31.2 Å². The summed E-state index contributed by atoms with van der Waals surface area (Å²) in [7, 11) is 0. The van der Waals surface area contributed by atoms with E-state index < -0.39 is 12.3 Å². The summed E-state index contributed by atoms with van der Waals surface area (Å²) in [5.74, 6) is -0.342. The average molecular weight is 390 g/mol. The Morgan fingerprint density at radius 3 is 2.64 bits per heavy atom. The fourth-order valence-electron chi connectivity index (χ4n) is 3.20. The second kappa shape index (κ2) is 6.22. The fourth-order valence-corrected chi connectivity index (χ4v) is 3.20. The molecule has 2 N–H and O–H groups in total. The van der Waals surface area contributed by atoms with E-state index in [-0.39, 0.29) is 23.5 Å². The number of hydrogen-bond donors (Lipinski definition) is 2. The van der Waals surface area contributed by atoms with E-state index >= 15 is 0 Å². The first kappa shape index (κ1) is 18.3. The van der Waals surface area contributed by atoms with Gasteiger partial charge in [-0.2, -0.15) is 13.2 Å². The predicted octanol–water partition coefficient (Wildman–Crippen LogP) is 4.07. The Hall–Kier alpha value is -3.10. The minimum absolute atomic E-state index is 0.147. The van der Waals surface area contributed by atoms with Crippen molar-refractivity contribution < 1.29 is 22.7 Å². The summed E-state index contributed by atoms with van der Waals surface area (Å²) in [6.07, 6.45) is -6.52. The quantitative estimate of drug-likeness (QED) is 0.707. The van der Waals surface area contributed by atoms with E-state index in [0.29, 0.717) is 27.9 Å². The molecule has 0 spiro atoms. The number of carbonyl (C=O) groups excluding carboxylic acids is 1. The number of aryl methyl sites for hydroxylation is 1. The number of ether oxygens (including phenoxy) is 1.